The topological polar surface area (TPSA) is 49.3 Å². The van der Waals surface area contributed by atoms with Crippen LogP contribution in [0.3, 0.4) is 0 Å². The van der Waals surface area contributed by atoms with Crippen LogP contribution in [0.1, 0.15) is 64.5 Å². The van der Waals surface area contributed by atoms with Crippen molar-refractivity contribution in [2.75, 3.05) is 5.32 Å². The smallest absolute Gasteiger partial charge is 0.259 e. The maximum absolute atomic E-state index is 13.6. The van der Waals surface area contributed by atoms with Gasteiger partial charge in [0.05, 0.1) is 21.7 Å². The molecule has 0 spiro atoms. The molecule has 0 bridgehead atoms. The van der Waals surface area contributed by atoms with Crippen molar-refractivity contribution in [3.05, 3.63) is 164 Å². The van der Waals surface area contributed by atoms with Crippen LogP contribution in [0.2, 0.25) is 5.02 Å². The number of rotatable bonds is 6. The van der Waals surface area contributed by atoms with Gasteiger partial charge in [0.2, 0.25) is 0 Å². The van der Waals surface area contributed by atoms with Gasteiger partial charge >= 0.3 is 0 Å². The van der Waals surface area contributed by atoms with Gasteiger partial charge in [-0.05, 0) is 58.4 Å². The summed E-state index contributed by atoms with van der Waals surface area (Å²) in [5, 5.41) is 14.5. The number of phenolic OH excluding ortho intramolecular Hbond substituents is 1. The Bertz CT molecular complexity index is 1630. The Morgan fingerprint density at radius 2 is 1.21 bits per heavy atom. The molecule has 1 amide bonds. The van der Waals surface area contributed by atoms with Crippen molar-refractivity contribution in [2.24, 2.45) is 0 Å². The van der Waals surface area contributed by atoms with E-state index in [-0.39, 0.29) is 16.7 Å². The van der Waals surface area contributed by atoms with Gasteiger partial charge < -0.3 is 10.4 Å². The molecule has 0 fully saturated rings. The van der Waals surface area contributed by atoms with Gasteiger partial charge in [-0.3, -0.25) is 4.79 Å². The molecule has 0 unspecified atom stereocenters. The molecule has 5 heteroatoms. The van der Waals surface area contributed by atoms with E-state index in [2.05, 4.69) is 57.6 Å². The van der Waals surface area contributed by atoms with Gasteiger partial charge in [-0.2, -0.15) is 0 Å². The van der Waals surface area contributed by atoms with E-state index in [4.69, 9.17) is 11.6 Å². The fourth-order valence-electron chi connectivity index (χ4n) is 5.68. The number of phenols is 1. The molecule has 0 saturated heterocycles. The number of halogens is 2. The highest BCUT2D eigenvalue weighted by atomic mass is 79.9. The molecular weight excluding hydrogens is 606 g/mol. The number of amides is 1. The first-order valence-corrected chi connectivity index (χ1v) is 15.0. The van der Waals surface area contributed by atoms with E-state index in [1.807, 2.05) is 107 Å². The molecule has 5 rings (SSSR count). The van der Waals surface area contributed by atoms with Crippen LogP contribution in [0.25, 0.3) is 0 Å². The summed E-state index contributed by atoms with van der Waals surface area (Å²) >= 11 is 10.5. The molecule has 0 aliphatic carbocycles. The molecule has 0 saturated carbocycles. The highest BCUT2D eigenvalue weighted by Gasteiger charge is 2.38. The Balaban J connectivity index is 1.64. The number of carbonyl (C=O) groups excluding carboxylic acids is 1. The van der Waals surface area contributed by atoms with Crippen molar-refractivity contribution in [1.82, 2.24) is 0 Å². The van der Waals surface area contributed by atoms with Crippen LogP contribution in [0, 0.1) is 6.92 Å². The predicted molar refractivity (Wildman–Crippen MR) is 177 cm³/mol. The third-order valence-electron chi connectivity index (χ3n) is 7.80. The minimum absolute atomic E-state index is 0.0234. The molecule has 0 atom stereocenters. The zero-order valence-corrected chi connectivity index (χ0v) is 26.4. The predicted octanol–water partition coefficient (Wildman–Crippen LogP) is 10.0. The molecule has 0 aromatic heterocycles. The maximum atomic E-state index is 13.6. The van der Waals surface area contributed by atoms with Crippen LogP contribution < -0.4 is 5.32 Å². The average Bonchev–Trinajstić information content (AvgIpc) is 2.98. The van der Waals surface area contributed by atoms with E-state index in [1.165, 1.54) is 0 Å². The lowest BCUT2D eigenvalue weighted by Crippen LogP contribution is -2.31. The van der Waals surface area contributed by atoms with Crippen LogP contribution in [0.4, 0.5) is 5.69 Å². The quantitative estimate of drug-likeness (QED) is 0.182. The summed E-state index contributed by atoms with van der Waals surface area (Å²) in [5.74, 6) is -0.448. The van der Waals surface area contributed by atoms with Crippen molar-refractivity contribution in [3.63, 3.8) is 0 Å². The number of carbonyl (C=O) groups is 1. The first kappa shape index (κ1) is 29.6. The van der Waals surface area contributed by atoms with Crippen molar-refractivity contribution >= 4 is 39.1 Å². The van der Waals surface area contributed by atoms with E-state index < -0.39 is 11.3 Å². The molecule has 0 radical (unpaired) electrons. The van der Waals surface area contributed by atoms with E-state index >= 15 is 0 Å². The van der Waals surface area contributed by atoms with Gasteiger partial charge in [0.15, 0.2) is 0 Å². The molecule has 0 aliphatic rings. The lowest BCUT2D eigenvalue weighted by atomic mass is 9.65. The van der Waals surface area contributed by atoms with Gasteiger partial charge in [0, 0.05) is 10.0 Å². The highest BCUT2D eigenvalue weighted by molar-refractivity contribution is 9.10. The summed E-state index contributed by atoms with van der Waals surface area (Å²) in [5.41, 5.74) is 5.27. The molecule has 42 heavy (non-hydrogen) atoms. The molecule has 0 heterocycles. The third-order valence-corrected chi connectivity index (χ3v) is 8.94. The number of benzene rings is 5. The van der Waals surface area contributed by atoms with E-state index in [0.29, 0.717) is 21.8 Å². The fraction of sp³-hybridized carbons (Fsp3) is 0.162. The third kappa shape index (κ3) is 5.37. The lowest BCUT2D eigenvalue weighted by molar-refractivity contribution is 0.102. The molecule has 212 valence electrons. The number of aromatic hydroxyl groups is 1. The average molecular weight is 639 g/mol. The Labute approximate surface area is 261 Å². The molecule has 5 aromatic rings. The summed E-state index contributed by atoms with van der Waals surface area (Å²) in [6, 6.07) is 38.8. The minimum Gasteiger partial charge on any atom is -0.507 e. The van der Waals surface area contributed by atoms with Gasteiger partial charge in [0.25, 0.3) is 5.91 Å². The number of anilines is 1. The van der Waals surface area contributed by atoms with Crippen LogP contribution in [0.15, 0.2) is 120 Å². The Hall–Kier alpha value is -3.86. The number of nitrogens with one attached hydrogen (secondary N) is 1. The lowest BCUT2D eigenvalue weighted by Gasteiger charge is -2.37. The summed E-state index contributed by atoms with van der Waals surface area (Å²) in [6.07, 6.45) is 0. The van der Waals surface area contributed by atoms with E-state index in [9.17, 15) is 9.90 Å². The maximum Gasteiger partial charge on any atom is 0.259 e. The van der Waals surface area contributed by atoms with E-state index in [0.717, 1.165) is 26.7 Å². The molecule has 5 aromatic carbocycles. The van der Waals surface area contributed by atoms with Crippen molar-refractivity contribution in [1.29, 1.82) is 0 Å². The Morgan fingerprint density at radius 3 is 1.64 bits per heavy atom. The molecule has 0 aliphatic heterocycles. The number of hydrogen-bond acceptors (Lipinski definition) is 2. The van der Waals surface area contributed by atoms with E-state index in [1.54, 1.807) is 0 Å². The van der Waals surface area contributed by atoms with Crippen LogP contribution in [0.5, 0.6) is 5.75 Å². The fourth-order valence-corrected chi connectivity index (χ4v) is 6.34. The zero-order chi connectivity index (χ0) is 30.1. The summed E-state index contributed by atoms with van der Waals surface area (Å²) in [7, 11) is 0. The second-order valence-electron chi connectivity index (χ2n) is 11.5. The van der Waals surface area contributed by atoms with Crippen molar-refractivity contribution in [3.8, 4) is 5.75 Å². The SMILES string of the molecule is Cc1c(Br)cc(C(C)(C)C)c(O)c1C(=O)Nc1ccc(C(c2ccccc2)(c2ccccc2)c2ccccc2)cc1Cl. The zero-order valence-electron chi connectivity index (χ0n) is 24.1. The standard InChI is InChI=1S/C37H33BrClNO2/c1-24-30(38)23-29(36(2,3)4)34(41)33(24)35(42)40-32-21-20-28(22-31(32)39)37(25-14-8-5-9-15-25,26-16-10-6-11-17-26)27-18-12-7-13-19-27/h5-23,41H,1-4H3,(H,40,42). The van der Waals surface area contributed by atoms with Gasteiger partial charge in [0.1, 0.15) is 5.75 Å². The van der Waals surface area contributed by atoms with Gasteiger partial charge in [-0.1, -0.05) is 145 Å². The monoisotopic (exact) mass is 637 g/mol. The largest absolute Gasteiger partial charge is 0.507 e. The molecule has 3 nitrogen and oxygen atoms in total. The highest BCUT2D eigenvalue weighted by Crippen LogP contribution is 2.46. The first-order valence-electron chi connectivity index (χ1n) is 13.9. The van der Waals surface area contributed by atoms with Gasteiger partial charge in [-0.25, -0.2) is 0 Å². The molecule has 2 N–H and O–H groups in total. The first-order chi connectivity index (χ1) is 20.0. The van der Waals surface area contributed by atoms with Crippen molar-refractivity contribution in [2.45, 2.75) is 38.5 Å². The second-order valence-corrected chi connectivity index (χ2v) is 12.8. The Kier molecular flexibility index (Phi) is 8.32. The van der Waals surface area contributed by atoms with Crippen LogP contribution in [-0.2, 0) is 10.8 Å². The van der Waals surface area contributed by atoms with Crippen molar-refractivity contribution < 1.29 is 9.90 Å². The summed E-state index contributed by atoms with van der Waals surface area (Å²) < 4.78 is 0.759. The Morgan fingerprint density at radius 1 is 0.738 bits per heavy atom. The minimum atomic E-state index is -0.656. The normalized spacial score (nSPS) is 11.8. The van der Waals surface area contributed by atoms with Crippen LogP contribution in [-0.4, -0.2) is 11.0 Å². The summed E-state index contributed by atoms with van der Waals surface area (Å²) in [4.78, 5) is 13.6. The number of hydrogen-bond donors (Lipinski definition) is 2. The second kappa shape index (κ2) is 11.8. The van der Waals surface area contributed by atoms with Gasteiger partial charge in [-0.15, -0.1) is 0 Å². The molecular formula is C37H33BrClNO2. The summed E-state index contributed by atoms with van der Waals surface area (Å²) in [6.45, 7) is 7.81. The van der Waals surface area contributed by atoms with Crippen LogP contribution >= 0.6 is 27.5 Å².